The molecule has 0 N–H and O–H groups in total. The number of hydrogen-bond acceptors (Lipinski definition) is 7. The number of ether oxygens (including phenoxy) is 2. The highest BCUT2D eigenvalue weighted by molar-refractivity contribution is 7.88. The smallest absolute Gasteiger partial charge is 0.343 e. The van der Waals surface area contributed by atoms with Gasteiger partial charge in [-0.3, -0.25) is 0 Å². The molecular weight excluding hydrogens is 576 g/mol. The summed E-state index contributed by atoms with van der Waals surface area (Å²) in [4.78, 5) is 28.1. The number of para-hydroxylation sites is 1. The number of rotatable bonds is 10. The van der Waals surface area contributed by atoms with Crippen molar-refractivity contribution in [3.63, 3.8) is 0 Å². The Morgan fingerprint density at radius 1 is 0.886 bits per heavy atom. The topological polar surface area (TPSA) is 93.2 Å². The molecule has 1 saturated heterocycles. The lowest BCUT2D eigenvalue weighted by Gasteiger charge is -2.47. The van der Waals surface area contributed by atoms with Crippen LogP contribution in [0.25, 0.3) is 0 Å². The molecule has 0 unspecified atom stereocenters. The first-order chi connectivity index (χ1) is 22.4. The number of carbonyl (C=O) groups is 2. The van der Waals surface area contributed by atoms with Gasteiger partial charge in [0.2, 0.25) is 10.0 Å². The standard InChI is InChI=1S/C35H36N2O6S/c1-36(2)24-31-25-37(44(40,41)26-27-13-6-3-7-14-27)22-21-35(31,43-34(39)28-15-8-4-9-16-28)30-18-12-17-29(23-30)33(38)42-32-19-10-5-11-20-32/h3-20,23,31H,21-22,24-26H2,1-2H3/t31-,35-/m1/s1/i1D3. The lowest BCUT2D eigenvalue weighted by Crippen LogP contribution is -2.56. The van der Waals surface area contributed by atoms with Gasteiger partial charge >= 0.3 is 11.9 Å². The maximum atomic E-state index is 13.7. The molecule has 1 fully saturated rings. The summed E-state index contributed by atoms with van der Waals surface area (Å²) in [6.07, 6.45) is 0.0102. The first-order valence-corrected chi connectivity index (χ1v) is 15.9. The van der Waals surface area contributed by atoms with Gasteiger partial charge in [-0.15, -0.1) is 0 Å². The van der Waals surface area contributed by atoms with Gasteiger partial charge in [-0.05, 0) is 61.5 Å². The Balaban J connectivity index is 1.57. The minimum Gasteiger partial charge on any atom is -0.450 e. The number of esters is 2. The van der Waals surface area contributed by atoms with Crippen molar-refractivity contribution in [2.45, 2.75) is 17.8 Å². The molecule has 0 aromatic heterocycles. The second kappa shape index (κ2) is 13.5. The Morgan fingerprint density at radius 2 is 1.52 bits per heavy atom. The van der Waals surface area contributed by atoms with Crippen LogP contribution in [-0.2, 0) is 26.1 Å². The quantitative estimate of drug-likeness (QED) is 0.175. The highest BCUT2D eigenvalue weighted by Gasteiger charge is 2.50. The number of benzene rings is 4. The van der Waals surface area contributed by atoms with Crippen molar-refractivity contribution in [3.05, 3.63) is 138 Å². The number of hydrogen-bond donors (Lipinski definition) is 0. The summed E-state index contributed by atoms with van der Waals surface area (Å²) in [5.41, 5.74) is -0.0140. The summed E-state index contributed by atoms with van der Waals surface area (Å²) in [5.74, 6) is -2.04. The second-order valence-corrected chi connectivity index (χ2v) is 12.8. The second-order valence-electron chi connectivity index (χ2n) is 10.9. The molecule has 1 aliphatic heterocycles. The summed E-state index contributed by atoms with van der Waals surface area (Å²) >= 11 is 0. The van der Waals surface area contributed by atoms with Crippen molar-refractivity contribution < 1.29 is 31.6 Å². The van der Waals surface area contributed by atoms with E-state index in [0.717, 1.165) is 4.90 Å². The third-order valence-corrected chi connectivity index (χ3v) is 9.54. The van der Waals surface area contributed by atoms with Gasteiger partial charge in [0, 0.05) is 36.1 Å². The van der Waals surface area contributed by atoms with Gasteiger partial charge in [-0.2, -0.15) is 0 Å². The predicted octanol–water partition coefficient (Wildman–Crippen LogP) is 5.37. The van der Waals surface area contributed by atoms with E-state index in [4.69, 9.17) is 13.6 Å². The van der Waals surface area contributed by atoms with E-state index in [-0.39, 0.29) is 42.9 Å². The Morgan fingerprint density at radius 3 is 2.20 bits per heavy atom. The molecule has 9 heteroatoms. The molecule has 4 aromatic rings. The molecule has 0 amide bonds. The van der Waals surface area contributed by atoms with Crippen LogP contribution in [0.5, 0.6) is 5.75 Å². The van der Waals surface area contributed by atoms with Gasteiger partial charge in [-0.1, -0.05) is 78.9 Å². The van der Waals surface area contributed by atoms with Crippen LogP contribution >= 0.6 is 0 Å². The van der Waals surface area contributed by atoms with Crippen LogP contribution in [0.15, 0.2) is 115 Å². The van der Waals surface area contributed by atoms with Crippen LogP contribution in [0.1, 0.15) is 42.4 Å². The first kappa shape index (κ1) is 27.3. The molecule has 4 aromatic carbocycles. The molecule has 2 atom stereocenters. The minimum absolute atomic E-state index is 0.0100. The fraction of sp³-hybridized carbons (Fsp3) is 0.257. The monoisotopic (exact) mass is 615 g/mol. The molecule has 0 spiro atoms. The Kier molecular flexibility index (Phi) is 8.39. The van der Waals surface area contributed by atoms with Gasteiger partial charge < -0.3 is 14.4 Å². The lowest BCUT2D eigenvalue weighted by atomic mass is 9.75. The van der Waals surface area contributed by atoms with E-state index in [9.17, 15) is 18.0 Å². The third kappa shape index (κ3) is 7.24. The number of carbonyl (C=O) groups excluding carboxylic acids is 2. The summed E-state index contributed by atoms with van der Waals surface area (Å²) in [5, 5.41) is 0. The molecule has 0 bridgehead atoms. The van der Waals surface area contributed by atoms with E-state index < -0.39 is 40.5 Å². The van der Waals surface area contributed by atoms with E-state index in [0.29, 0.717) is 16.9 Å². The molecule has 5 rings (SSSR count). The maximum absolute atomic E-state index is 13.7. The first-order valence-electron chi connectivity index (χ1n) is 15.8. The number of piperidine rings is 1. The Labute approximate surface area is 263 Å². The van der Waals surface area contributed by atoms with E-state index in [1.54, 1.807) is 115 Å². The molecule has 1 aliphatic rings. The van der Waals surface area contributed by atoms with Crippen molar-refractivity contribution in [2.75, 3.05) is 33.7 Å². The number of nitrogens with zero attached hydrogens (tertiary/aromatic N) is 2. The zero-order valence-corrected chi connectivity index (χ0v) is 25.2. The van der Waals surface area contributed by atoms with Crippen molar-refractivity contribution in [1.29, 1.82) is 0 Å². The van der Waals surface area contributed by atoms with Crippen molar-refractivity contribution in [1.82, 2.24) is 9.21 Å². The maximum Gasteiger partial charge on any atom is 0.343 e. The zero-order valence-electron chi connectivity index (χ0n) is 27.3. The van der Waals surface area contributed by atoms with Crippen molar-refractivity contribution in [2.24, 2.45) is 5.92 Å². The SMILES string of the molecule is [2H]C([2H])([2H])N(C)C[C@@H]1CN(S(=O)(=O)Cc2ccccc2)CC[C@@]1(OC(=O)c1ccccc1)c1cccc(C(=O)Oc2ccccc2)c1. The summed E-state index contributed by atoms with van der Waals surface area (Å²) in [6, 6.07) is 32.2. The zero-order chi connectivity index (χ0) is 33.7. The Bertz CT molecular complexity index is 1790. The van der Waals surface area contributed by atoms with E-state index in [1.165, 1.54) is 11.4 Å². The summed E-state index contributed by atoms with van der Waals surface area (Å²) in [7, 11) is -2.43. The molecule has 0 radical (unpaired) electrons. The van der Waals surface area contributed by atoms with Crippen LogP contribution in [0, 0.1) is 5.92 Å². The highest BCUT2D eigenvalue weighted by atomic mass is 32.2. The van der Waals surface area contributed by atoms with Gasteiger partial charge in [0.25, 0.3) is 0 Å². The van der Waals surface area contributed by atoms with Crippen molar-refractivity contribution >= 4 is 22.0 Å². The summed E-state index contributed by atoms with van der Waals surface area (Å²) in [6.45, 7) is -2.80. The van der Waals surface area contributed by atoms with E-state index >= 15 is 0 Å². The van der Waals surface area contributed by atoms with Crippen molar-refractivity contribution in [3.8, 4) is 5.75 Å². The fourth-order valence-electron chi connectivity index (χ4n) is 5.58. The molecule has 1 heterocycles. The molecule has 228 valence electrons. The predicted molar refractivity (Wildman–Crippen MR) is 169 cm³/mol. The highest BCUT2D eigenvalue weighted by Crippen LogP contribution is 2.43. The van der Waals surface area contributed by atoms with E-state index in [2.05, 4.69) is 0 Å². The molecule has 0 aliphatic carbocycles. The van der Waals surface area contributed by atoms with E-state index in [1.807, 2.05) is 0 Å². The normalized spacial score (nSPS) is 20.2. The largest absolute Gasteiger partial charge is 0.450 e. The van der Waals surface area contributed by atoms with Crippen LogP contribution in [0.3, 0.4) is 0 Å². The van der Waals surface area contributed by atoms with Crippen LogP contribution < -0.4 is 4.74 Å². The average molecular weight is 616 g/mol. The molecular formula is C35H36N2O6S. The van der Waals surface area contributed by atoms with Gasteiger partial charge in [0.1, 0.15) is 11.4 Å². The summed E-state index contributed by atoms with van der Waals surface area (Å²) < 4.78 is 64.9. The van der Waals surface area contributed by atoms with Crippen LogP contribution in [0.4, 0.5) is 0 Å². The third-order valence-electron chi connectivity index (χ3n) is 7.72. The Hall–Kier alpha value is -4.31. The fourth-order valence-corrected chi connectivity index (χ4v) is 7.15. The number of sulfonamides is 1. The average Bonchev–Trinajstić information content (AvgIpc) is 3.06. The van der Waals surface area contributed by atoms with Gasteiger partial charge in [0.05, 0.1) is 16.9 Å². The lowest BCUT2D eigenvalue weighted by molar-refractivity contribution is -0.0880. The molecule has 8 nitrogen and oxygen atoms in total. The molecule has 44 heavy (non-hydrogen) atoms. The van der Waals surface area contributed by atoms with Gasteiger partial charge in [0.15, 0.2) is 0 Å². The van der Waals surface area contributed by atoms with Crippen LogP contribution in [0.2, 0.25) is 0 Å². The van der Waals surface area contributed by atoms with Crippen LogP contribution in [-0.4, -0.2) is 63.2 Å². The minimum atomic E-state index is -3.85. The molecule has 0 saturated carbocycles. The van der Waals surface area contributed by atoms with Gasteiger partial charge in [-0.25, -0.2) is 22.3 Å².